The Balaban J connectivity index is 1.14. The summed E-state index contributed by atoms with van der Waals surface area (Å²) < 4.78 is 41.9. The molecule has 41 heavy (non-hydrogen) atoms. The number of hydrogen-bond donors (Lipinski definition) is 1. The Bertz CT molecular complexity index is 1290. The van der Waals surface area contributed by atoms with Crippen molar-refractivity contribution in [1.82, 2.24) is 24.8 Å². The molecule has 6 rings (SSSR count). The van der Waals surface area contributed by atoms with Crippen molar-refractivity contribution in [3.05, 3.63) is 66.0 Å². The number of likely N-dealkylation sites (N-methyl/N-ethyl adjacent to an activating group) is 1. The lowest BCUT2D eigenvalue weighted by molar-refractivity contribution is -0.138. The number of rotatable bonds is 6. The highest BCUT2D eigenvalue weighted by molar-refractivity contribution is 5.57. The molecule has 0 unspecified atom stereocenters. The van der Waals surface area contributed by atoms with Crippen LogP contribution in [-0.2, 0) is 11.0 Å². The number of anilines is 4. The molecule has 0 spiro atoms. The van der Waals surface area contributed by atoms with E-state index < -0.39 is 17.8 Å². The van der Waals surface area contributed by atoms with Crippen molar-refractivity contribution >= 4 is 23.3 Å². The van der Waals surface area contributed by atoms with E-state index in [4.69, 9.17) is 4.84 Å². The minimum atomic E-state index is -4.64. The number of nitrogens with one attached hydrogen (secondary N) is 1. The van der Waals surface area contributed by atoms with Crippen LogP contribution in [0.4, 0.5) is 36.4 Å². The first-order valence-electron chi connectivity index (χ1n) is 14.2. The van der Waals surface area contributed by atoms with Crippen LogP contribution in [0.1, 0.15) is 36.4 Å². The third kappa shape index (κ3) is 6.24. The van der Waals surface area contributed by atoms with Gasteiger partial charge in [-0.05, 0) is 37.6 Å². The van der Waals surface area contributed by atoms with Gasteiger partial charge >= 0.3 is 6.18 Å². The van der Waals surface area contributed by atoms with E-state index in [0.717, 1.165) is 69.6 Å². The van der Waals surface area contributed by atoms with E-state index >= 15 is 0 Å². The van der Waals surface area contributed by atoms with E-state index in [0.29, 0.717) is 24.9 Å². The number of aromatic nitrogens is 3. The van der Waals surface area contributed by atoms with Gasteiger partial charge in [0, 0.05) is 57.9 Å². The van der Waals surface area contributed by atoms with Gasteiger partial charge in [0.15, 0.2) is 5.82 Å². The second-order valence-electron chi connectivity index (χ2n) is 10.9. The van der Waals surface area contributed by atoms with Crippen LogP contribution in [0.25, 0.3) is 0 Å². The first-order chi connectivity index (χ1) is 19.8. The Hall–Kier alpha value is -3.48. The van der Waals surface area contributed by atoms with Crippen molar-refractivity contribution in [3.8, 4) is 0 Å². The molecule has 0 radical (unpaired) electrons. The molecule has 218 valence electrons. The Kier molecular flexibility index (Phi) is 7.96. The number of piperazine rings is 1. The molecule has 3 aliphatic rings. The van der Waals surface area contributed by atoms with Crippen molar-refractivity contribution in [3.63, 3.8) is 0 Å². The van der Waals surface area contributed by atoms with Gasteiger partial charge in [-0.3, -0.25) is 9.74 Å². The van der Waals surface area contributed by atoms with Gasteiger partial charge in [-0.15, -0.1) is 0 Å². The fraction of sp³-hybridized carbons (Fsp3) is 0.483. The third-order valence-electron chi connectivity index (χ3n) is 8.24. The lowest BCUT2D eigenvalue weighted by Gasteiger charge is -2.42. The van der Waals surface area contributed by atoms with E-state index in [9.17, 15) is 13.2 Å². The van der Waals surface area contributed by atoms with E-state index in [-0.39, 0.29) is 11.8 Å². The summed E-state index contributed by atoms with van der Waals surface area (Å²) in [6.45, 7) is 6.74. The second-order valence-corrected chi connectivity index (χ2v) is 10.9. The molecule has 3 saturated heterocycles. The first kappa shape index (κ1) is 27.7. The highest BCUT2D eigenvalue weighted by Crippen LogP contribution is 2.41. The van der Waals surface area contributed by atoms with Crippen LogP contribution in [0.2, 0.25) is 0 Å². The average Bonchev–Trinajstić information content (AvgIpc) is 3.48. The molecule has 5 heterocycles. The SMILES string of the molecule is CN1CCN(C2CCN(c3ccc(Nc4ncc(C(F)(F)F)c(N5OCC[C@H]5c5ccccc5)n4)nc3)CC2)CC1. The van der Waals surface area contributed by atoms with Crippen LogP contribution >= 0.6 is 0 Å². The van der Waals surface area contributed by atoms with Crippen molar-refractivity contribution in [2.24, 2.45) is 0 Å². The van der Waals surface area contributed by atoms with Gasteiger partial charge in [-0.1, -0.05) is 30.3 Å². The lowest BCUT2D eigenvalue weighted by Crippen LogP contribution is -2.52. The maximum atomic E-state index is 14.0. The molecule has 0 aliphatic carbocycles. The first-order valence-corrected chi connectivity index (χ1v) is 14.2. The summed E-state index contributed by atoms with van der Waals surface area (Å²) in [7, 11) is 2.18. The minimum Gasteiger partial charge on any atom is -0.370 e. The fourth-order valence-corrected chi connectivity index (χ4v) is 5.89. The van der Waals surface area contributed by atoms with E-state index in [1.54, 1.807) is 6.20 Å². The number of nitrogens with zero attached hydrogens (tertiary/aromatic N) is 7. The summed E-state index contributed by atoms with van der Waals surface area (Å²) in [5.41, 5.74) is 0.933. The summed E-state index contributed by atoms with van der Waals surface area (Å²) in [5.74, 6) is 0.151. The Morgan fingerprint density at radius 2 is 1.63 bits per heavy atom. The lowest BCUT2D eigenvalue weighted by atomic mass is 10.0. The summed E-state index contributed by atoms with van der Waals surface area (Å²) in [4.78, 5) is 25.7. The summed E-state index contributed by atoms with van der Waals surface area (Å²) in [6.07, 6.45) is 0.733. The Labute approximate surface area is 237 Å². The zero-order valence-electron chi connectivity index (χ0n) is 23.1. The maximum absolute atomic E-state index is 14.0. The van der Waals surface area contributed by atoms with Gasteiger partial charge in [0.25, 0.3) is 0 Å². The van der Waals surface area contributed by atoms with Gasteiger partial charge in [0.1, 0.15) is 11.4 Å². The van der Waals surface area contributed by atoms with Crippen molar-refractivity contribution in [2.75, 3.05) is 68.2 Å². The normalized spacial score (nSPS) is 21.4. The molecular formula is C29H35F3N8O. The van der Waals surface area contributed by atoms with Crippen LogP contribution < -0.4 is 15.3 Å². The van der Waals surface area contributed by atoms with E-state index in [1.165, 1.54) is 5.06 Å². The zero-order valence-corrected chi connectivity index (χ0v) is 23.1. The molecule has 0 saturated carbocycles. The molecule has 0 amide bonds. The quantitative estimate of drug-likeness (QED) is 0.454. The highest BCUT2D eigenvalue weighted by atomic mass is 19.4. The number of alkyl halides is 3. The number of hydroxylamine groups is 1. The summed E-state index contributed by atoms with van der Waals surface area (Å²) >= 11 is 0. The van der Waals surface area contributed by atoms with Crippen LogP contribution in [0.5, 0.6) is 0 Å². The predicted molar refractivity (Wildman–Crippen MR) is 151 cm³/mol. The predicted octanol–water partition coefficient (Wildman–Crippen LogP) is 4.73. The number of pyridine rings is 1. The van der Waals surface area contributed by atoms with Crippen molar-refractivity contribution in [2.45, 2.75) is 37.5 Å². The Morgan fingerprint density at radius 3 is 2.32 bits per heavy atom. The summed E-state index contributed by atoms with van der Waals surface area (Å²) in [5, 5.41) is 4.23. The van der Waals surface area contributed by atoms with Gasteiger partial charge in [-0.25, -0.2) is 15.0 Å². The van der Waals surface area contributed by atoms with Crippen LogP contribution in [0.3, 0.4) is 0 Å². The van der Waals surface area contributed by atoms with Crippen LogP contribution in [0.15, 0.2) is 54.9 Å². The van der Waals surface area contributed by atoms with E-state index in [1.807, 2.05) is 42.5 Å². The molecule has 3 fully saturated rings. The minimum absolute atomic E-state index is 0.0172. The van der Waals surface area contributed by atoms with E-state index in [2.05, 4.69) is 42.0 Å². The molecule has 0 bridgehead atoms. The van der Waals surface area contributed by atoms with Gasteiger partial charge in [-0.2, -0.15) is 18.2 Å². The fourth-order valence-electron chi connectivity index (χ4n) is 5.89. The standard InChI is InChI=1S/C29H35F3N8O/c1-37-14-16-39(17-15-37)22-9-12-38(13-10-22)23-7-8-26(33-19-23)35-28-34-20-24(29(30,31)32)27(36-28)40-25(11-18-41-40)21-5-3-2-4-6-21/h2-8,19-20,22,25H,9-18H2,1H3,(H,33,34,35,36)/t25-/m0/s1. The monoisotopic (exact) mass is 568 g/mol. The molecule has 2 aromatic heterocycles. The molecule has 3 aliphatic heterocycles. The maximum Gasteiger partial charge on any atom is 0.421 e. The molecule has 12 heteroatoms. The highest BCUT2D eigenvalue weighted by Gasteiger charge is 2.40. The topological polar surface area (TPSA) is 72.9 Å². The second kappa shape index (κ2) is 11.8. The van der Waals surface area contributed by atoms with Crippen molar-refractivity contribution in [1.29, 1.82) is 0 Å². The molecular weight excluding hydrogens is 533 g/mol. The average molecular weight is 569 g/mol. The smallest absolute Gasteiger partial charge is 0.370 e. The van der Waals surface area contributed by atoms with Crippen LogP contribution in [0, 0.1) is 0 Å². The van der Waals surface area contributed by atoms with Crippen molar-refractivity contribution < 1.29 is 18.0 Å². The number of halogens is 3. The largest absolute Gasteiger partial charge is 0.421 e. The molecule has 9 nitrogen and oxygen atoms in total. The van der Waals surface area contributed by atoms with Gasteiger partial charge in [0.05, 0.1) is 24.5 Å². The number of piperidine rings is 1. The zero-order chi connectivity index (χ0) is 28.4. The molecule has 1 aromatic carbocycles. The van der Waals surface area contributed by atoms with Crippen LogP contribution in [-0.4, -0.2) is 83.7 Å². The molecule has 1 N–H and O–H groups in total. The van der Waals surface area contributed by atoms with Gasteiger partial charge in [0.2, 0.25) is 5.95 Å². The van der Waals surface area contributed by atoms with Gasteiger partial charge < -0.3 is 15.1 Å². The summed E-state index contributed by atoms with van der Waals surface area (Å²) in [6, 6.07) is 13.3. The molecule has 1 atom stereocenters. The number of benzene rings is 1. The third-order valence-corrected chi connectivity index (χ3v) is 8.24. The Morgan fingerprint density at radius 1 is 0.878 bits per heavy atom. The molecule has 3 aromatic rings. The number of hydrogen-bond acceptors (Lipinski definition) is 9.